The number of benzene rings is 10. The van der Waals surface area contributed by atoms with Crippen molar-refractivity contribution in [3.8, 4) is 23.3 Å². The molecular formula is C64H47N5. The number of rotatable bonds is 9. The summed E-state index contributed by atoms with van der Waals surface area (Å²) in [5.41, 5.74) is 15.9. The van der Waals surface area contributed by atoms with Crippen molar-refractivity contribution in [1.82, 2.24) is 4.40 Å². The number of nitriles is 2. The van der Waals surface area contributed by atoms with E-state index in [1.165, 1.54) is 60.1 Å². The summed E-state index contributed by atoms with van der Waals surface area (Å²) in [5.74, 6) is 0.843. The molecule has 0 aliphatic carbocycles. The number of hydrogen-bond acceptors (Lipinski definition) is 4. The molecule has 328 valence electrons. The van der Waals surface area contributed by atoms with Crippen molar-refractivity contribution in [3.05, 3.63) is 222 Å². The minimum absolute atomic E-state index is 0.422. The maximum absolute atomic E-state index is 9.65. The molecule has 12 rings (SSSR count). The zero-order valence-electron chi connectivity index (χ0n) is 38.9. The van der Waals surface area contributed by atoms with Crippen LogP contribution in [0.1, 0.15) is 61.8 Å². The van der Waals surface area contributed by atoms with Crippen LogP contribution in [0.2, 0.25) is 0 Å². The van der Waals surface area contributed by atoms with Crippen molar-refractivity contribution in [1.29, 1.82) is 10.5 Å². The van der Waals surface area contributed by atoms with Gasteiger partial charge in [0.15, 0.2) is 0 Å². The number of fused-ring (bicyclic) bond motifs is 8. The van der Waals surface area contributed by atoms with E-state index in [0.29, 0.717) is 23.0 Å². The van der Waals surface area contributed by atoms with Crippen molar-refractivity contribution >= 4 is 93.8 Å². The van der Waals surface area contributed by atoms with E-state index in [0.717, 1.165) is 55.9 Å². The Bertz CT molecular complexity index is 3760. The number of hydrogen-bond donors (Lipinski definition) is 0. The lowest BCUT2D eigenvalue weighted by Crippen LogP contribution is -2.10. The third-order valence-corrected chi connectivity index (χ3v) is 14.0. The first-order valence-corrected chi connectivity index (χ1v) is 23.7. The van der Waals surface area contributed by atoms with Gasteiger partial charge in [0.25, 0.3) is 0 Å². The van der Waals surface area contributed by atoms with E-state index in [-0.39, 0.29) is 0 Å². The van der Waals surface area contributed by atoms with Crippen LogP contribution in [0, 0.1) is 22.7 Å². The molecule has 0 aliphatic heterocycles. The second-order valence-electron chi connectivity index (χ2n) is 18.9. The van der Waals surface area contributed by atoms with Gasteiger partial charge >= 0.3 is 0 Å². The van der Waals surface area contributed by atoms with Gasteiger partial charge < -0.3 is 14.2 Å². The van der Waals surface area contributed by atoms with Crippen LogP contribution in [-0.4, -0.2) is 4.40 Å². The third-order valence-electron chi connectivity index (χ3n) is 14.0. The molecular weight excluding hydrogens is 839 g/mol. The molecule has 0 N–H and O–H groups in total. The SMILES string of the molecule is CC(C)c1ccc(N(c2ccc(C#N)cc2)c2ccc3cc4c5cc(-c6ccccc6)cc6c7cc8ccc(N(c9ccc(C#N)cc9)c9ccc(C(C)C)cc9)cc8cc7n(c4cc3c2)c56)cc1. The first-order valence-electron chi connectivity index (χ1n) is 23.7. The van der Waals surface area contributed by atoms with Gasteiger partial charge in [-0.25, -0.2) is 0 Å². The maximum atomic E-state index is 9.65. The van der Waals surface area contributed by atoms with Crippen molar-refractivity contribution in [2.24, 2.45) is 0 Å². The Balaban J connectivity index is 1.08. The summed E-state index contributed by atoms with van der Waals surface area (Å²) in [5, 5.41) is 28.8. The van der Waals surface area contributed by atoms with Crippen LogP contribution < -0.4 is 9.80 Å². The van der Waals surface area contributed by atoms with Gasteiger partial charge in [-0.2, -0.15) is 10.5 Å². The molecule has 0 saturated carbocycles. The summed E-state index contributed by atoms with van der Waals surface area (Å²) in [6.07, 6.45) is 0. The van der Waals surface area contributed by atoms with Crippen molar-refractivity contribution in [2.45, 2.75) is 39.5 Å². The standard InChI is InChI=1S/C64H47N5/c1-40(2)44-14-24-54(25-15-44)67(52-20-10-42(38-65)11-21-52)56-28-18-47-32-58-60-34-51(46-8-6-5-7-9-46)35-61-59-33-48-19-29-57(31-50(48)37-63(59)69(64(60)61)62(58)36-49(47)30-56)68(53-22-12-43(39-66)13-23-53)55-26-16-45(17-27-55)41(3)4/h5-37,40-41H,1-4H3. The Labute approximate surface area is 401 Å². The number of nitrogens with zero attached hydrogens (tertiary/aromatic N) is 5. The van der Waals surface area contributed by atoms with Crippen molar-refractivity contribution in [3.63, 3.8) is 0 Å². The Morgan fingerprint density at radius 3 is 1.14 bits per heavy atom. The highest BCUT2D eigenvalue weighted by Gasteiger charge is 2.22. The molecule has 0 atom stereocenters. The van der Waals surface area contributed by atoms with Crippen LogP contribution >= 0.6 is 0 Å². The van der Waals surface area contributed by atoms with Gasteiger partial charge in [0.2, 0.25) is 0 Å². The maximum Gasteiger partial charge on any atom is 0.0991 e. The second kappa shape index (κ2) is 16.5. The highest BCUT2D eigenvalue weighted by atomic mass is 15.1. The third kappa shape index (κ3) is 7.07. The largest absolute Gasteiger partial charge is 0.310 e. The van der Waals surface area contributed by atoms with Crippen molar-refractivity contribution < 1.29 is 0 Å². The molecule has 0 spiro atoms. The zero-order valence-corrected chi connectivity index (χ0v) is 38.9. The Morgan fingerprint density at radius 2 is 0.754 bits per heavy atom. The molecule has 0 unspecified atom stereocenters. The van der Waals surface area contributed by atoms with Gasteiger partial charge in [-0.05, 0) is 189 Å². The fourth-order valence-corrected chi connectivity index (χ4v) is 10.4. The molecule has 0 fully saturated rings. The Hall–Kier alpha value is -8.90. The van der Waals surface area contributed by atoms with Crippen molar-refractivity contribution in [2.75, 3.05) is 9.80 Å². The van der Waals surface area contributed by atoms with E-state index in [1.54, 1.807) is 0 Å². The lowest BCUT2D eigenvalue weighted by molar-refractivity contribution is 0.866. The summed E-state index contributed by atoms with van der Waals surface area (Å²) in [6, 6.07) is 76.5. The molecule has 0 saturated heterocycles. The Kier molecular flexibility index (Phi) is 9.90. The lowest BCUT2D eigenvalue weighted by Gasteiger charge is -2.26. The smallest absolute Gasteiger partial charge is 0.0991 e. The highest BCUT2D eigenvalue weighted by Crippen LogP contribution is 2.46. The molecule has 0 bridgehead atoms. The van der Waals surface area contributed by atoms with Gasteiger partial charge in [0.1, 0.15) is 0 Å². The van der Waals surface area contributed by atoms with E-state index in [9.17, 15) is 10.5 Å². The minimum atomic E-state index is 0.422. The molecule has 0 radical (unpaired) electrons. The average molecular weight is 886 g/mol. The molecule has 0 amide bonds. The minimum Gasteiger partial charge on any atom is -0.310 e. The second-order valence-corrected chi connectivity index (χ2v) is 18.9. The lowest BCUT2D eigenvalue weighted by atomic mass is 9.97. The molecule has 0 aliphatic rings. The first-order chi connectivity index (χ1) is 33.7. The summed E-state index contributed by atoms with van der Waals surface area (Å²) < 4.78 is 2.49. The molecule has 5 nitrogen and oxygen atoms in total. The fourth-order valence-electron chi connectivity index (χ4n) is 10.4. The molecule has 10 aromatic carbocycles. The number of aromatic nitrogens is 1. The van der Waals surface area contributed by atoms with Gasteiger partial charge in [-0.3, -0.25) is 0 Å². The summed E-state index contributed by atoms with van der Waals surface area (Å²) >= 11 is 0. The van der Waals surface area contributed by atoms with Crippen LogP contribution in [-0.2, 0) is 0 Å². The molecule has 69 heavy (non-hydrogen) atoms. The Morgan fingerprint density at radius 1 is 0.362 bits per heavy atom. The summed E-state index contributed by atoms with van der Waals surface area (Å²) in [7, 11) is 0. The summed E-state index contributed by atoms with van der Waals surface area (Å²) in [4.78, 5) is 4.57. The molecule has 5 heteroatoms. The summed E-state index contributed by atoms with van der Waals surface area (Å²) in [6.45, 7) is 8.88. The molecule has 2 heterocycles. The van der Waals surface area contributed by atoms with Crippen LogP contribution in [0.4, 0.5) is 34.1 Å². The van der Waals surface area contributed by atoms with Gasteiger partial charge in [0, 0.05) is 55.7 Å². The number of anilines is 6. The van der Waals surface area contributed by atoms with Crippen LogP contribution in [0.5, 0.6) is 0 Å². The van der Waals surface area contributed by atoms with E-state index < -0.39 is 0 Å². The molecule has 12 aromatic rings. The average Bonchev–Trinajstić information content (AvgIpc) is 3.88. The van der Waals surface area contributed by atoms with Gasteiger partial charge in [-0.1, -0.05) is 94.4 Å². The van der Waals surface area contributed by atoms with E-state index in [1.807, 2.05) is 48.5 Å². The van der Waals surface area contributed by atoms with E-state index in [2.05, 4.69) is 206 Å². The van der Waals surface area contributed by atoms with E-state index in [4.69, 9.17) is 0 Å². The zero-order chi connectivity index (χ0) is 46.9. The topological polar surface area (TPSA) is 58.5 Å². The highest BCUT2D eigenvalue weighted by molar-refractivity contribution is 6.27. The van der Waals surface area contributed by atoms with Crippen LogP contribution in [0.3, 0.4) is 0 Å². The van der Waals surface area contributed by atoms with E-state index >= 15 is 0 Å². The first kappa shape index (κ1) is 41.5. The fraction of sp³-hybridized carbons (Fsp3) is 0.0938. The molecule has 2 aromatic heterocycles. The van der Waals surface area contributed by atoms with Gasteiger partial charge in [0.05, 0.1) is 39.8 Å². The predicted octanol–water partition coefficient (Wildman–Crippen LogP) is 17.7. The quantitative estimate of drug-likeness (QED) is 0.145. The predicted molar refractivity (Wildman–Crippen MR) is 289 cm³/mol. The van der Waals surface area contributed by atoms with Crippen LogP contribution in [0.25, 0.3) is 70.8 Å². The monoisotopic (exact) mass is 885 g/mol. The van der Waals surface area contributed by atoms with Gasteiger partial charge in [-0.15, -0.1) is 0 Å². The normalized spacial score (nSPS) is 11.7. The van der Waals surface area contributed by atoms with Crippen LogP contribution in [0.15, 0.2) is 200 Å².